The van der Waals surface area contributed by atoms with Crippen LogP contribution in [0.2, 0.25) is 0 Å². The average Bonchev–Trinajstić information content (AvgIpc) is 3.10. The lowest BCUT2D eigenvalue weighted by molar-refractivity contribution is -0.136. The summed E-state index contributed by atoms with van der Waals surface area (Å²) in [6, 6.07) is 10.6. The molecule has 3 aliphatic rings. The van der Waals surface area contributed by atoms with Gasteiger partial charge in [-0.2, -0.15) is 0 Å². The Hall–Kier alpha value is -2.08. The summed E-state index contributed by atoms with van der Waals surface area (Å²) in [6.07, 6.45) is 2.15. The van der Waals surface area contributed by atoms with Crippen molar-refractivity contribution >= 4 is 17.5 Å². The molecule has 6 nitrogen and oxygen atoms in total. The molecular formula is C20H27N3O3. The van der Waals surface area contributed by atoms with Gasteiger partial charge in [0.05, 0.1) is 5.92 Å². The van der Waals surface area contributed by atoms with Gasteiger partial charge in [-0.05, 0) is 25.0 Å². The molecule has 2 amide bonds. The van der Waals surface area contributed by atoms with Crippen molar-refractivity contribution in [2.45, 2.75) is 25.3 Å². The first-order valence-electron chi connectivity index (χ1n) is 9.68. The normalized spacial score (nSPS) is 25.0. The Kier molecular flexibility index (Phi) is 5.11. The third kappa shape index (κ3) is 3.56. The molecule has 1 unspecified atom stereocenters. The predicted molar refractivity (Wildman–Crippen MR) is 98.9 cm³/mol. The number of hydrogen-bond donors (Lipinski definition) is 0. The van der Waals surface area contributed by atoms with Gasteiger partial charge in [0.1, 0.15) is 0 Å². The fourth-order valence-electron chi connectivity index (χ4n) is 4.33. The first-order valence-corrected chi connectivity index (χ1v) is 9.68. The molecule has 1 aromatic rings. The topological polar surface area (TPSA) is 53.1 Å². The van der Waals surface area contributed by atoms with E-state index >= 15 is 0 Å². The molecule has 1 atom stereocenters. The molecular weight excluding hydrogens is 330 g/mol. The van der Waals surface area contributed by atoms with Crippen LogP contribution in [0.1, 0.15) is 19.3 Å². The van der Waals surface area contributed by atoms with E-state index < -0.39 is 0 Å². The Morgan fingerprint density at radius 3 is 2.38 bits per heavy atom. The molecule has 0 spiro atoms. The van der Waals surface area contributed by atoms with E-state index in [-0.39, 0.29) is 23.8 Å². The number of amides is 2. The molecule has 0 radical (unpaired) electrons. The number of para-hydroxylation sites is 1. The number of ether oxygens (including phenoxy) is 1. The number of carbonyl (C=O) groups excluding carboxylic acids is 2. The average molecular weight is 357 g/mol. The van der Waals surface area contributed by atoms with Crippen molar-refractivity contribution in [2.24, 2.45) is 5.92 Å². The summed E-state index contributed by atoms with van der Waals surface area (Å²) in [5.74, 6) is 0.118. The van der Waals surface area contributed by atoms with Crippen molar-refractivity contribution in [2.75, 3.05) is 50.8 Å². The van der Waals surface area contributed by atoms with E-state index in [0.29, 0.717) is 26.2 Å². The number of nitrogens with zero attached hydrogens (tertiary/aromatic N) is 3. The summed E-state index contributed by atoms with van der Waals surface area (Å²) < 4.78 is 5.39. The smallest absolute Gasteiger partial charge is 0.228 e. The molecule has 6 heteroatoms. The van der Waals surface area contributed by atoms with E-state index in [2.05, 4.69) is 17.0 Å². The summed E-state index contributed by atoms with van der Waals surface area (Å²) in [4.78, 5) is 31.5. The number of piperazine rings is 1. The monoisotopic (exact) mass is 357 g/mol. The zero-order chi connectivity index (χ0) is 17.9. The van der Waals surface area contributed by atoms with Gasteiger partial charge in [-0.25, -0.2) is 0 Å². The van der Waals surface area contributed by atoms with E-state index in [4.69, 9.17) is 4.74 Å². The summed E-state index contributed by atoms with van der Waals surface area (Å²) in [5.41, 5.74) is 1.21. The quantitative estimate of drug-likeness (QED) is 0.820. The van der Waals surface area contributed by atoms with Crippen LogP contribution in [-0.4, -0.2) is 73.6 Å². The second-order valence-corrected chi connectivity index (χ2v) is 7.44. The first-order chi connectivity index (χ1) is 12.7. The van der Waals surface area contributed by atoms with Crippen LogP contribution in [0.3, 0.4) is 0 Å². The van der Waals surface area contributed by atoms with E-state index in [1.165, 1.54) is 5.69 Å². The van der Waals surface area contributed by atoms with Gasteiger partial charge < -0.3 is 19.4 Å². The summed E-state index contributed by atoms with van der Waals surface area (Å²) in [5, 5.41) is 0. The lowest BCUT2D eigenvalue weighted by atomic mass is 10.1. The molecule has 3 saturated heterocycles. The van der Waals surface area contributed by atoms with E-state index in [1.54, 1.807) is 0 Å². The maximum absolute atomic E-state index is 12.9. The SMILES string of the molecule is O=C(C1CC(=O)N(C2CCOCC2)C1)N1CCN(c2ccccc2)CC1. The highest BCUT2D eigenvalue weighted by Crippen LogP contribution is 2.27. The predicted octanol–water partition coefficient (Wildman–Crippen LogP) is 1.36. The summed E-state index contributed by atoms with van der Waals surface area (Å²) in [7, 11) is 0. The molecule has 0 N–H and O–H groups in total. The van der Waals surface area contributed by atoms with Crippen molar-refractivity contribution in [1.82, 2.24) is 9.80 Å². The molecule has 0 aromatic heterocycles. The van der Waals surface area contributed by atoms with Gasteiger partial charge in [0.2, 0.25) is 11.8 Å². The molecule has 3 aliphatic heterocycles. The molecule has 0 saturated carbocycles. The number of anilines is 1. The Bertz CT molecular complexity index is 637. The molecule has 140 valence electrons. The molecule has 3 heterocycles. The number of likely N-dealkylation sites (tertiary alicyclic amines) is 1. The van der Waals surface area contributed by atoms with Gasteiger partial charge in [-0.3, -0.25) is 9.59 Å². The van der Waals surface area contributed by atoms with Gasteiger partial charge in [0, 0.05) is 64.1 Å². The second-order valence-electron chi connectivity index (χ2n) is 7.44. The lowest BCUT2D eigenvalue weighted by Gasteiger charge is -2.37. The fraction of sp³-hybridized carbons (Fsp3) is 0.600. The molecule has 0 aliphatic carbocycles. The molecule has 4 rings (SSSR count). The maximum Gasteiger partial charge on any atom is 0.228 e. The maximum atomic E-state index is 12.9. The van der Waals surface area contributed by atoms with Crippen LogP contribution in [0.5, 0.6) is 0 Å². The standard InChI is InChI=1S/C20H27N3O3/c24-19-14-16(15-23(19)18-6-12-26-13-7-18)20(25)22-10-8-21(9-11-22)17-4-2-1-3-5-17/h1-5,16,18H,6-15H2. The molecule has 3 fully saturated rings. The number of benzene rings is 1. The van der Waals surface area contributed by atoms with Crippen LogP contribution in [-0.2, 0) is 14.3 Å². The Balaban J connectivity index is 1.32. The minimum Gasteiger partial charge on any atom is -0.381 e. The zero-order valence-corrected chi connectivity index (χ0v) is 15.2. The van der Waals surface area contributed by atoms with E-state index in [1.807, 2.05) is 28.0 Å². The number of carbonyl (C=O) groups is 2. The zero-order valence-electron chi connectivity index (χ0n) is 15.2. The third-order valence-electron chi connectivity index (χ3n) is 5.85. The van der Waals surface area contributed by atoms with Crippen LogP contribution < -0.4 is 4.90 Å². The van der Waals surface area contributed by atoms with E-state index in [0.717, 1.165) is 39.0 Å². The van der Waals surface area contributed by atoms with Crippen LogP contribution in [0.25, 0.3) is 0 Å². The summed E-state index contributed by atoms with van der Waals surface area (Å²) >= 11 is 0. The van der Waals surface area contributed by atoms with Crippen LogP contribution in [0, 0.1) is 5.92 Å². The van der Waals surface area contributed by atoms with Crippen molar-refractivity contribution in [3.05, 3.63) is 30.3 Å². The van der Waals surface area contributed by atoms with Crippen molar-refractivity contribution in [3.8, 4) is 0 Å². The van der Waals surface area contributed by atoms with Crippen molar-refractivity contribution in [3.63, 3.8) is 0 Å². The molecule has 0 bridgehead atoms. The van der Waals surface area contributed by atoms with Gasteiger partial charge in [-0.15, -0.1) is 0 Å². The van der Waals surface area contributed by atoms with Gasteiger partial charge in [-0.1, -0.05) is 18.2 Å². The van der Waals surface area contributed by atoms with Gasteiger partial charge in [0.15, 0.2) is 0 Å². The van der Waals surface area contributed by atoms with Gasteiger partial charge in [0.25, 0.3) is 0 Å². The third-order valence-corrected chi connectivity index (χ3v) is 5.85. The largest absolute Gasteiger partial charge is 0.381 e. The highest BCUT2D eigenvalue weighted by molar-refractivity contribution is 5.89. The first kappa shape index (κ1) is 17.3. The number of hydrogen-bond acceptors (Lipinski definition) is 4. The van der Waals surface area contributed by atoms with Gasteiger partial charge >= 0.3 is 0 Å². The molecule has 1 aromatic carbocycles. The highest BCUT2D eigenvalue weighted by atomic mass is 16.5. The summed E-state index contributed by atoms with van der Waals surface area (Å²) in [6.45, 7) is 5.18. The molecule has 26 heavy (non-hydrogen) atoms. The second kappa shape index (κ2) is 7.66. The van der Waals surface area contributed by atoms with Crippen LogP contribution >= 0.6 is 0 Å². The number of rotatable bonds is 3. The van der Waals surface area contributed by atoms with Crippen LogP contribution in [0.15, 0.2) is 30.3 Å². The van der Waals surface area contributed by atoms with Crippen LogP contribution in [0.4, 0.5) is 5.69 Å². The van der Waals surface area contributed by atoms with Crippen molar-refractivity contribution in [1.29, 1.82) is 0 Å². The Morgan fingerprint density at radius 1 is 1.00 bits per heavy atom. The lowest BCUT2D eigenvalue weighted by Crippen LogP contribution is -2.51. The minimum absolute atomic E-state index is 0.137. The Labute approximate surface area is 154 Å². The Morgan fingerprint density at radius 2 is 1.69 bits per heavy atom. The van der Waals surface area contributed by atoms with E-state index in [9.17, 15) is 9.59 Å². The highest BCUT2D eigenvalue weighted by Gasteiger charge is 2.40. The fourth-order valence-corrected chi connectivity index (χ4v) is 4.33. The minimum atomic E-state index is -0.173. The van der Waals surface area contributed by atoms with Crippen molar-refractivity contribution < 1.29 is 14.3 Å².